The van der Waals surface area contributed by atoms with Crippen LogP contribution in [0, 0.1) is 13.8 Å². The van der Waals surface area contributed by atoms with E-state index < -0.39 is 5.91 Å². The van der Waals surface area contributed by atoms with Gasteiger partial charge in [0.15, 0.2) is 0 Å². The number of aromatic nitrogens is 1. The molecule has 7 nitrogen and oxygen atoms in total. The molecule has 122 valence electrons. The standard InChI is InChI=1S/C15H17N3O4S/c1-8-11(9(2)22-17-8)6-14(19)18-4-3-10-5-12(15(20)16-21)23-13(10)7-18/h5,21H,3-4,6-7H2,1-2H3,(H,16,20). The molecule has 0 saturated carbocycles. The lowest BCUT2D eigenvalue weighted by Gasteiger charge is -2.26. The van der Waals surface area contributed by atoms with Crippen LogP contribution in [0.3, 0.4) is 0 Å². The fraction of sp³-hybridized carbons (Fsp3) is 0.400. The van der Waals surface area contributed by atoms with Crippen molar-refractivity contribution in [2.45, 2.75) is 33.2 Å². The maximum Gasteiger partial charge on any atom is 0.284 e. The van der Waals surface area contributed by atoms with Gasteiger partial charge in [0.25, 0.3) is 5.91 Å². The molecule has 0 saturated heterocycles. The Morgan fingerprint density at radius 3 is 2.91 bits per heavy atom. The van der Waals surface area contributed by atoms with Gasteiger partial charge in [-0.2, -0.15) is 0 Å². The molecule has 0 spiro atoms. The Kier molecular flexibility index (Phi) is 4.18. The number of amides is 2. The van der Waals surface area contributed by atoms with E-state index in [0.717, 1.165) is 21.7 Å². The van der Waals surface area contributed by atoms with Gasteiger partial charge in [0.2, 0.25) is 5.91 Å². The summed E-state index contributed by atoms with van der Waals surface area (Å²) in [7, 11) is 0. The fourth-order valence-corrected chi connectivity index (χ4v) is 3.83. The van der Waals surface area contributed by atoms with Gasteiger partial charge < -0.3 is 9.42 Å². The van der Waals surface area contributed by atoms with E-state index in [9.17, 15) is 9.59 Å². The van der Waals surface area contributed by atoms with Gasteiger partial charge in [0.1, 0.15) is 5.76 Å². The third kappa shape index (κ3) is 2.99. The van der Waals surface area contributed by atoms with Crippen LogP contribution in [0.15, 0.2) is 10.6 Å². The van der Waals surface area contributed by atoms with E-state index in [-0.39, 0.29) is 12.3 Å². The number of hydroxylamine groups is 1. The molecule has 23 heavy (non-hydrogen) atoms. The lowest BCUT2D eigenvalue weighted by molar-refractivity contribution is -0.131. The van der Waals surface area contributed by atoms with Crippen molar-refractivity contribution >= 4 is 23.2 Å². The second-order valence-corrected chi connectivity index (χ2v) is 6.68. The number of nitrogens with one attached hydrogen (secondary N) is 1. The SMILES string of the molecule is Cc1noc(C)c1CC(=O)N1CCc2cc(C(=O)NO)sc2C1. The summed E-state index contributed by atoms with van der Waals surface area (Å²) in [5.74, 6) is 0.177. The topological polar surface area (TPSA) is 95.7 Å². The molecule has 0 radical (unpaired) electrons. The Bertz CT molecular complexity index is 745. The first-order valence-electron chi connectivity index (χ1n) is 7.25. The van der Waals surface area contributed by atoms with Crippen LogP contribution in [-0.2, 0) is 24.2 Å². The summed E-state index contributed by atoms with van der Waals surface area (Å²) >= 11 is 1.31. The van der Waals surface area contributed by atoms with Crippen molar-refractivity contribution in [2.75, 3.05) is 6.54 Å². The normalized spacial score (nSPS) is 13.8. The summed E-state index contributed by atoms with van der Waals surface area (Å²) in [4.78, 5) is 27.2. The minimum atomic E-state index is -0.516. The first-order valence-corrected chi connectivity index (χ1v) is 8.06. The third-order valence-corrected chi connectivity index (χ3v) is 5.23. The number of thiophene rings is 1. The summed E-state index contributed by atoms with van der Waals surface area (Å²) < 4.78 is 5.10. The number of carbonyl (C=O) groups excluding carboxylic acids is 2. The van der Waals surface area contributed by atoms with Crippen LogP contribution in [0.25, 0.3) is 0 Å². The highest BCUT2D eigenvalue weighted by Crippen LogP contribution is 2.28. The zero-order valence-electron chi connectivity index (χ0n) is 12.9. The zero-order valence-corrected chi connectivity index (χ0v) is 13.7. The number of rotatable bonds is 3. The quantitative estimate of drug-likeness (QED) is 0.656. The van der Waals surface area contributed by atoms with Gasteiger partial charge in [-0.1, -0.05) is 5.16 Å². The van der Waals surface area contributed by atoms with Gasteiger partial charge >= 0.3 is 0 Å². The van der Waals surface area contributed by atoms with Crippen LogP contribution >= 0.6 is 11.3 Å². The van der Waals surface area contributed by atoms with Crippen molar-refractivity contribution in [3.63, 3.8) is 0 Å². The largest absolute Gasteiger partial charge is 0.361 e. The Hall–Kier alpha value is -2.19. The smallest absolute Gasteiger partial charge is 0.284 e. The Morgan fingerprint density at radius 1 is 1.48 bits per heavy atom. The second-order valence-electron chi connectivity index (χ2n) is 5.54. The molecule has 2 N–H and O–H groups in total. The monoisotopic (exact) mass is 335 g/mol. The van der Waals surface area contributed by atoms with Crippen molar-refractivity contribution in [3.8, 4) is 0 Å². The van der Waals surface area contributed by atoms with Gasteiger partial charge in [0, 0.05) is 17.0 Å². The van der Waals surface area contributed by atoms with Crippen LogP contribution in [-0.4, -0.2) is 33.6 Å². The molecule has 8 heteroatoms. The molecule has 0 aromatic carbocycles. The number of hydrogen-bond donors (Lipinski definition) is 2. The summed E-state index contributed by atoms with van der Waals surface area (Å²) in [6, 6.07) is 1.78. The molecule has 2 amide bonds. The predicted molar refractivity (Wildman–Crippen MR) is 82.4 cm³/mol. The predicted octanol–water partition coefficient (Wildman–Crippen LogP) is 1.60. The molecule has 0 atom stereocenters. The van der Waals surface area contributed by atoms with Crippen molar-refractivity contribution < 1.29 is 19.3 Å². The summed E-state index contributed by atoms with van der Waals surface area (Å²) in [6.45, 7) is 4.73. The number of carbonyl (C=O) groups is 2. The van der Waals surface area contributed by atoms with Crippen LogP contribution in [0.2, 0.25) is 0 Å². The minimum absolute atomic E-state index is 0.0200. The molecule has 1 aliphatic heterocycles. The number of hydrogen-bond acceptors (Lipinski definition) is 6. The molecule has 0 bridgehead atoms. The Morgan fingerprint density at radius 2 is 2.26 bits per heavy atom. The summed E-state index contributed by atoms with van der Waals surface area (Å²) in [5.41, 5.74) is 4.29. The van der Waals surface area contributed by atoms with Gasteiger partial charge in [-0.25, -0.2) is 5.48 Å². The van der Waals surface area contributed by atoms with Crippen LogP contribution < -0.4 is 5.48 Å². The molecular weight excluding hydrogens is 318 g/mol. The minimum Gasteiger partial charge on any atom is -0.361 e. The molecular formula is C15H17N3O4S. The van der Waals surface area contributed by atoms with Crippen LogP contribution in [0.5, 0.6) is 0 Å². The first-order chi connectivity index (χ1) is 11.0. The van der Waals surface area contributed by atoms with Gasteiger partial charge in [-0.05, 0) is 31.9 Å². The van der Waals surface area contributed by atoms with E-state index in [0.29, 0.717) is 30.1 Å². The molecule has 2 aromatic heterocycles. The summed E-state index contributed by atoms with van der Waals surface area (Å²) in [5, 5.41) is 12.6. The van der Waals surface area contributed by atoms with E-state index in [4.69, 9.17) is 9.73 Å². The van der Waals surface area contributed by atoms with Gasteiger partial charge in [0.05, 0.1) is 23.5 Å². The fourth-order valence-electron chi connectivity index (χ4n) is 2.72. The van der Waals surface area contributed by atoms with Crippen molar-refractivity contribution in [1.82, 2.24) is 15.5 Å². The van der Waals surface area contributed by atoms with E-state index in [1.54, 1.807) is 23.4 Å². The van der Waals surface area contributed by atoms with Crippen molar-refractivity contribution in [1.29, 1.82) is 0 Å². The van der Waals surface area contributed by atoms with Crippen molar-refractivity contribution in [2.24, 2.45) is 0 Å². The zero-order chi connectivity index (χ0) is 16.6. The molecule has 0 unspecified atom stereocenters. The number of fused-ring (bicyclic) bond motifs is 1. The van der Waals surface area contributed by atoms with E-state index in [2.05, 4.69) is 5.16 Å². The van der Waals surface area contributed by atoms with E-state index >= 15 is 0 Å². The molecule has 1 aliphatic rings. The maximum absolute atomic E-state index is 12.5. The van der Waals surface area contributed by atoms with Crippen LogP contribution in [0.1, 0.15) is 37.1 Å². The second kappa shape index (κ2) is 6.13. The van der Waals surface area contributed by atoms with Crippen LogP contribution in [0.4, 0.5) is 0 Å². The van der Waals surface area contributed by atoms with Gasteiger partial charge in [-0.3, -0.25) is 14.8 Å². The lowest BCUT2D eigenvalue weighted by atomic mass is 10.1. The number of aryl methyl sites for hydroxylation is 2. The third-order valence-electron chi connectivity index (χ3n) is 4.07. The first kappa shape index (κ1) is 15.7. The highest BCUT2D eigenvalue weighted by molar-refractivity contribution is 7.14. The maximum atomic E-state index is 12.5. The van der Waals surface area contributed by atoms with E-state index in [1.807, 2.05) is 6.92 Å². The number of nitrogens with zero attached hydrogens (tertiary/aromatic N) is 2. The Balaban J connectivity index is 1.73. The molecule has 2 aromatic rings. The molecule has 3 heterocycles. The average Bonchev–Trinajstić information content (AvgIpc) is 3.11. The average molecular weight is 335 g/mol. The highest BCUT2D eigenvalue weighted by atomic mass is 32.1. The van der Waals surface area contributed by atoms with E-state index in [1.165, 1.54) is 11.3 Å². The van der Waals surface area contributed by atoms with Gasteiger partial charge in [-0.15, -0.1) is 11.3 Å². The summed E-state index contributed by atoms with van der Waals surface area (Å²) in [6.07, 6.45) is 0.976. The van der Waals surface area contributed by atoms with Crippen molar-refractivity contribution in [3.05, 3.63) is 38.4 Å². The lowest BCUT2D eigenvalue weighted by Crippen LogP contribution is -2.36. The highest BCUT2D eigenvalue weighted by Gasteiger charge is 2.25. The molecule has 3 rings (SSSR count). The Labute approximate surface area is 136 Å². The molecule has 0 fully saturated rings. The molecule has 0 aliphatic carbocycles.